The van der Waals surface area contributed by atoms with Crippen LogP contribution in [-0.4, -0.2) is 89.3 Å². The molecule has 2 atom stereocenters. The lowest BCUT2D eigenvalue weighted by molar-refractivity contribution is -0.150. The summed E-state index contributed by atoms with van der Waals surface area (Å²) in [6.07, 6.45) is 0. The van der Waals surface area contributed by atoms with Gasteiger partial charge in [-0.2, -0.15) is 0 Å². The van der Waals surface area contributed by atoms with Gasteiger partial charge >= 0.3 is 11.9 Å². The van der Waals surface area contributed by atoms with Crippen molar-refractivity contribution in [3.05, 3.63) is 49.2 Å². The number of aromatic nitrogens is 1. The fourth-order valence-electron chi connectivity index (χ4n) is 4.18. The Labute approximate surface area is 270 Å². The molecule has 230 valence electrons. The number of thiazole rings is 1. The summed E-state index contributed by atoms with van der Waals surface area (Å²) in [5.74, 6) is -4.81. The molecule has 2 amide bonds. The molecule has 7 N–H and O–H groups in total. The Bertz CT molecular complexity index is 1860. The van der Waals surface area contributed by atoms with Crippen LogP contribution in [-0.2, 0) is 24.0 Å². The molecule has 0 aliphatic carbocycles. The Morgan fingerprint density at radius 3 is 2.61 bits per heavy atom. The number of carboxylic acid groups (broad SMARTS) is 2. The molecule has 0 spiro atoms. The van der Waals surface area contributed by atoms with Gasteiger partial charge in [-0.15, -0.1) is 46.2 Å². The summed E-state index contributed by atoms with van der Waals surface area (Å²) in [5, 5.41) is 45.5. The molecule has 2 aliphatic rings. The average molecular weight is 745 g/mol. The number of nitrogens with two attached hydrogens (primary N) is 1. The van der Waals surface area contributed by atoms with Crippen molar-refractivity contribution in [1.82, 2.24) is 15.2 Å². The number of thioether (sulfide) groups is 2. The van der Waals surface area contributed by atoms with Gasteiger partial charge in [0.2, 0.25) is 12.0 Å². The van der Waals surface area contributed by atoms with Crippen LogP contribution in [0.5, 0.6) is 11.5 Å². The van der Waals surface area contributed by atoms with Gasteiger partial charge in [-0.25, -0.2) is 14.6 Å². The van der Waals surface area contributed by atoms with Gasteiger partial charge in [-0.05, 0) is 27.6 Å². The lowest BCUT2D eigenvalue weighted by Crippen LogP contribution is -2.71. The van der Waals surface area contributed by atoms with Crippen molar-refractivity contribution >= 4 is 107 Å². The minimum absolute atomic E-state index is 0.00471. The number of aromatic hydroxyl groups is 2. The number of benzene rings is 1. The van der Waals surface area contributed by atoms with E-state index in [2.05, 4.69) is 31.4 Å². The van der Waals surface area contributed by atoms with Crippen LogP contribution in [0.1, 0.15) is 5.69 Å². The van der Waals surface area contributed by atoms with Crippen LogP contribution in [0.25, 0.3) is 10.1 Å². The summed E-state index contributed by atoms with van der Waals surface area (Å²) >= 11 is 7.81. The van der Waals surface area contributed by atoms with Crippen molar-refractivity contribution in [2.24, 2.45) is 5.16 Å². The first-order valence-electron chi connectivity index (χ1n) is 12.0. The number of phenols is 2. The largest absolute Gasteiger partial charge is 0.504 e. The molecule has 44 heavy (non-hydrogen) atoms. The van der Waals surface area contributed by atoms with E-state index in [1.807, 2.05) is 0 Å². The average Bonchev–Trinajstić information content (AvgIpc) is 3.41. The van der Waals surface area contributed by atoms with Crippen LogP contribution >= 0.6 is 62.1 Å². The third kappa shape index (κ3) is 6.07. The van der Waals surface area contributed by atoms with Crippen molar-refractivity contribution in [1.29, 1.82) is 0 Å². The number of carbonyl (C=O) groups is 4. The Morgan fingerprint density at radius 2 is 1.95 bits per heavy atom. The first-order valence-corrected chi connectivity index (χ1v) is 16.5. The Morgan fingerprint density at radius 1 is 1.23 bits per heavy atom. The standard InChI is InChI=1S/C24H18BrN5O10S4/c25-14-18(35)8-1-10(31)11(32)2-12(8)44-23(14)42-5-7-4-41-21-16(20(37)30(21)17(7)22(38)39)28-19(36)15(29-40-3-13(33)34)9-6-43-24(26)27-9/h1-2,6,16,21,31-32H,3-5H2,(H2,26,27)(H,28,36)(H,33,34)(H,38,39)/b29-15-/t16-,21-/m1/s1. The number of hydrogen-bond acceptors (Lipinski definition) is 15. The summed E-state index contributed by atoms with van der Waals surface area (Å²) in [6, 6.07) is 1.31. The normalized spacial score (nSPS) is 18.2. The number of phenolic OH excluding ortho intramolecular Hbond substituents is 2. The van der Waals surface area contributed by atoms with Crippen molar-refractivity contribution in [2.75, 3.05) is 23.8 Å². The van der Waals surface area contributed by atoms with Crippen LogP contribution in [0.2, 0.25) is 0 Å². The molecule has 1 aromatic carbocycles. The number of aliphatic carboxylic acids is 2. The van der Waals surface area contributed by atoms with E-state index in [0.717, 1.165) is 39.3 Å². The molecule has 2 aliphatic heterocycles. The molecular weight excluding hydrogens is 726 g/mol. The van der Waals surface area contributed by atoms with Gasteiger partial charge in [0.05, 0.1) is 8.68 Å². The monoisotopic (exact) mass is 743 g/mol. The molecule has 1 saturated heterocycles. The van der Waals surface area contributed by atoms with E-state index < -0.39 is 64.4 Å². The molecular formula is C24H18BrN5O10S4. The lowest BCUT2D eigenvalue weighted by atomic mass is 10.0. The number of β-lactam (4-membered cyclic amide) rings is 1. The van der Waals surface area contributed by atoms with Gasteiger partial charge < -0.3 is 36.3 Å². The van der Waals surface area contributed by atoms with Crippen molar-refractivity contribution in [2.45, 2.75) is 15.6 Å². The van der Waals surface area contributed by atoms with Gasteiger partial charge in [0, 0.05) is 33.0 Å². The molecule has 3 aromatic rings. The quantitative estimate of drug-likeness (QED) is 0.0571. The van der Waals surface area contributed by atoms with E-state index in [4.69, 9.17) is 15.7 Å². The highest BCUT2D eigenvalue weighted by molar-refractivity contribution is 9.10. The molecule has 15 nitrogen and oxygen atoms in total. The minimum Gasteiger partial charge on any atom is -0.504 e. The van der Waals surface area contributed by atoms with Crippen LogP contribution in [0.15, 0.2) is 47.4 Å². The van der Waals surface area contributed by atoms with Gasteiger partial charge in [0.1, 0.15) is 22.8 Å². The minimum atomic E-state index is -1.35. The Hall–Kier alpha value is -3.85. The highest BCUT2D eigenvalue weighted by atomic mass is 79.9. The van der Waals surface area contributed by atoms with E-state index in [9.17, 15) is 39.3 Å². The lowest BCUT2D eigenvalue weighted by Gasteiger charge is -2.49. The molecule has 2 aromatic heterocycles. The predicted molar refractivity (Wildman–Crippen MR) is 166 cm³/mol. The van der Waals surface area contributed by atoms with Crippen LogP contribution < -0.4 is 16.5 Å². The highest BCUT2D eigenvalue weighted by Crippen LogP contribution is 2.43. The van der Waals surface area contributed by atoms with E-state index in [1.165, 1.54) is 29.3 Å². The maximum Gasteiger partial charge on any atom is 0.352 e. The van der Waals surface area contributed by atoms with E-state index in [0.29, 0.717) is 14.5 Å². The van der Waals surface area contributed by atoms with Gasteiger partial charge in [-0.3, -0.25) is 19.3 Å². The zero-order valence-corrected chi connectivity index (χ0v) is 26.5. The molecule has 0 unspecified atom stereocenters. The SMILES string of the molecule is Nc1nc(/C(=N/OCC(=O)O)C(=O)N[C@@H]2C(=O)N3C(C(=O)O)=C(CSc4sc5cc(O)c(O)cc5c(=O)c4Br)CS[C@H]23)cs1. The summed E-state index contributed by atoms with van der Waals surface area (Å²) < 4.78 is 1.12. The first kappa shape index (κ1) is 31.6. The zero-order chi connectivity index (χ0) is 31.9. The molecule has 0 saturated carbocycles. The van der Waals surface area contributed by atoms with Crippen LogP contribution in [0, 0.1) is 0 Å². The maximum absolute atomic E-state index is 13.2. The number of hydrogen-bond donors (Lipinski definition) is 6. The topological polar surface area (TPSA) is 242 Å². The molecule has 1 fully saturated rings. The maximum atomic E-state index is 13.2. The molecule has 0 bridgehead atoms. The number of anilines is 1. The number of fused-ring (bicyclic) bond motifs is 2. The molecule has 20 heteroatoms. The third-order valence-corrected chi connectivity index (χ3v) is 11.9. The number of nitrogens with one attached hydrogen (secondary N) is 1. The second kappa shape index (κ2) is 12.6. The molecule has 4 heterocycles. The number of halogens is 1. The van der Waals surface area contributed by atoms with Crippen molar-refractivity contribution in [3.63, 3.8) is 0 Å². The summed E-state index contributed by atoms with van der Waals surface area (Å²) in [4.78, 5) is 71.9. The fourth-order valence-corrected chi connectivity index (χ4v) is 9.26. The smallest absolute Gasteiger partial charge is 0.352 e. The van der Waals surface area contributed by atoms with Gasteiger partial charge in [-0.1, -0.05) is 5.16 Å². The number of amides is 2. The van der Waals surface area contributed by atoms with Crippen molar-refractivity contribution < 1.29 is 44.4 Å². The van der Waals surface area contributed by atoms with E-state index in [-0.39, 0.29) is 37.9 Å². The number of oxime groups is 1. The Kier molecular flexibility index (Phi) is 9.07. The van der Waals surface area contributed by atoms with Gasteiger partial charge in [0.15, 0.2) is 22.3 Å². The third-order valence-electron chi connectivity index (χ3n) is 6.14. The van der Waals surface area contributed by atoms with E-state index >= 15 is 0 Å². The molecule has 5 rings (SSSR count). The van der Waals surface area contributed by atoms with Crippen LogP contribution in [0.3, 0.4) is 0 Å². The number of carboxylic acids is 2. The first-order chi connectivity index (χ1) is 20.9. The van der Waals surface area contributed by atoms with Gasteiger partial charge in [0.25, 0.3) is 11.8 Å². The van der Waals surface area contributed by atoms with Crippen molar-refractivity contribution in [3.8, 4) is 11.5 Å². The summed E-state index contributed by atoms with van der Waals surface area (Å²) in [6.45, 7) is -0.836. The number of nitrogens with zero attached hydrogens (tertiary/aromatic N) is 3. The second-order valence-corrected chi connectivity index (χ2v) is 14.0. The second-order valence-electron chi connectivity index (χ2n) is 8.95. The highest BCUT2D eigenvalue weighted by Gasteiger charge is 2.54. The summed E-state index contributed by atoms with van der Waals surface area (Å²) in [7, 11) is 0. The summed E-state index contributed by atoms with van der Waals surface area (Å²) in [5.41, 5.74) is 4.96. The van der Waals surface area contributed by atoms with Crippen LogP contribution in [0.4, 0.5) is 5.13 Å². The number of carbonyl (C=O) groups excluding carboxylic acids is 2. The predicted octanol–water partition coefficient (Wildman–Crippen LogP) is 1.81. The Balaban J connectivity index is 1.34. The fraction of sp³-hybridized carbons (Fsp3) is 0.208. The number of rotatable bonds is 10. The van der Waals surface area contributed by atoms with E-state index in [1.54, 1.807) is 0 Å². The zero-order valence-electron chi connectivity index (χ0n) is 21.7. The molecule has 0 radical (unpaired) electrons. The number of nitrogen functional groups attached to an aromatic ring is 1.